The topological polar surface area (TPSA) is 111 Å². The van der Waals surface area contributed by atoms with E-state index in [1.807, 2.05) is 0 Å². The van der Waals surface area contributed by atoms with Gasteiger partial charge in [0.05, 0.1) is 12.4 Å². The number of halogens is 1. The summed E-state index contributed by atoms with van der Waals surface area (Å²) in [4.78, 5) is 10.9. The minimum absolute atomic E-state index is 0.0132. The van der Waals surface area contributed by atoms with Gasteiger partial charge in [-0.25, -0.2) is 23.1 Å². The first kappa shape index (κ1) is 12.9. The Labute approximate surface area is 107 Å². The van der Waals surface area contributed by atoms with Crippen molar-refractivity contribution in [1.29, 1.82) is 0 Å². The van der Waals surface area contributed by atoms with Crippen LogP contribution in [-0.2, 0) is 16.4 Å². The zero-order valence-electron chi connectivity index (χ0n) is 8.95. The van der Waals surface area contributed by atoms with E-state index in [2.05, 4.69) is 29.4 Å². The molecule has 0 atom stereocenters. The molecule has 1 N–H and O–H groups in total. The number of nitrogens with one attached hydrogen (secondary N) is 1. The number of hydrogen-bond donors (Lipinski definition) is 1. The van der Waals surface area contributed by atoms with Gasteiger partial charge in [-0.3, -0.25) is 0 Å². The first-order chi connectivity index (χ1) is 8.58. The summed E-state index contributed by atoms with van der Waals surface area (Å²) in [7, 11) is -3.65. The monoisotopic (exact) mass is 289 g/mol. The Kier molecular flexibility index (Phi) is 3.84. The zero-order valence-corrected chi connectivity index (χ0v) is 10.5. The number of nitrogens with zero attached hydrogens (tertiary/aromatic N) is 4. The molecule has 0 bridgehead atoms. The van der Waals surface area contributed by atoms with Gasteiger partial charge < -0.3 is 4.52 Å². The molecule has 2 rings (SSSR count). The van der Waals surface area contributed by atoms with E-state index in [9.17, 15) is 8.42 Å². The molecule has 0 saturated carbocycles. The molecule has 0 aromatic carbocycles. The quantitative estimate of drug-likeness (QED) is 0.773. The summed E-state index contributed by atoms with van der Waals surface area (Å²) < 4.78 is 30.4. The molecule has 0 unspecified atom stereocenters. The number of hydrogen-bond acceptors (Lipinski definition) is 7. The van der Waals surface area contributed by atoms with E-state index >= 15 is 0 Å². The predicted octanol–water partition coefficient (Wildman–Crippen LogP) is 0.0340. The van der Waals surface area contributed by atoms with Gasteiger partial charge >= 0.3 is 0 Å². The summed E-state index contributed by atoms with van der Waals surface area (Å²) >= 11 is 5.47. The smallest absolute Gasteiger partial charge is 0.243 e. The summed E-state index contributed by atoms with van der Waals surface area (Å²) in [6, 6.07) is 0. The zero-order chi connectivity index (χ0) is 13.0. The molecule has 2 heterocycles. The van der Waals surface area contributed by atoms with Crippen LogP contribution in [0.1, 0.15) is 5.82 Å². The molecule has 0 spiro atoms. The highest BCUT2D eigenvalue weighted by Gasteiger charge is 2.14. The lowest BCUT2D eigenvalue weighted by Gasteiger charge is -2.04. The van der Waals surface area contributed by atoms with Crippen LogP contribution in [0.5, 0.6) is 0 Å². The van der Waals surface area contributed by atoms with Crippen molar-refractivity contribution in [2.24, 2.45) is 0 Å². The Morgan fingerprint density at radius 3 is 2.61 bits per heavy atom. The molecule has 96 valence electrons. The number of rotatable bonds is 5. The van der Waals surface area contributed by atoms with Gasteiger partial charge in [0.25, 0.3) is 0 Å². The van der Waals surface area contributed by atoms with Crippen LogP contribution in [0.4, 0.5) is 0 Å². The van der Waals surface area contributed by atoms with Gasteiger partial charge in [0.1, 0.15) is 4.90 Å². The molecule has 0 aliphatic carbocycles. The maximum absolute atomic E-state index is 11.8. The molecular weight excluding hydrogens is 282 g/mol. The Bertz CT molecular complexity index is 598. The SMILES string of the molecule is O=S(=O)(NCCc1ncon1)c1cnc(Cl)nc1. The van der Waals surface area contributed by atoms with E-state index in [1.165, 1.54) is 6.39 Å². The lowest BCUT2D eigenvalue weighted by Crippen LogP contribution is -2.26. The Morgan fingerprint density at radius 1 is 1.28 bits per heavy atom. The van der Waals surface area contributed by atoms with Crippen molar-refractivity contribution >= 4 is 21.6 Å². The van der Waals surface area contributed by atoms with Crippen molar-refractivity contribution in [1.82, 2.24) is 24.8 Å². The standard InChI is InChI=1S/C8H8ClN5O3S/c9-8-10-3-6(4-11-8)18(15,16)13-2-1-7-12-5-17-14-7/h3-5,13H,1-2H2. The lowest BCUT2D eigenvalue weighted by molar-refractivity contribution is 0.410. The maximum Gasteiger partial charge on any atom is 0.243 e. The number of aromatic nitrogens is 4. The Balaban J connectivity index is 1.97. The van der Waals surface area contributed by atoms with Crippen LogP contribution in [0.25, 0.3) is 0 Å². The fraction of sp³-hybridized carbons (Fsp3) is 0.250. The van der Waals surface area contributed by atoms with Crippen molar-refractivity contribution in [2.75, 3.05) is 6.54 Å². The maximum atomic E-state index is 11.8. The van der Waals surface area contributed by atoms with Crippen LogP contribution < -0.4 is 4.72 Å². The molecular formula is C8H8ClN5O3S. The van der Waals surface area contributed by atoms with Crippen molar-refractivity contribution in [3.05, 3.63) is 29.9 Å². The third-order valence-electron chi connectivity index (χ3n) is 1.95. The third kappa shape index (κ3) is 3.22. The molecule has 0 aliphatic rings. The molecule has 2 aromatic rings. The fourth-order valence-corrected chi connectivity index (χ4v) is 2.14. The minimum Gasteiger partial charge on any atom is -0.343 e. The third-order valence-corrected chi connectivity index (χ3v) is 3.57. The van der Waals surface area contributed by atoms with Crippen molar-refractivity contribution in [3.63, 3.8) is 0 Å². The van der Waals surface area contributed by atoms with Gasteiger partial charge in [-0.2, -0.15) is 4.98 Å². The van der Waals surface area contributed by atoms with Crippen LogP contribution in [0.3, 0.4) is 0 Å². The second-order valence-corrected chi connectivity index (χ2v) is 5.29. The average molecular weight is 290 g/mol. The van der Waals surface area contributed by atoms with E-state index in [4.69, 9.17) is 11.6 Å². The molecule has 0 fully saturated rings. The molecule has 0 aliphatic heterocycles. The van der Waals surface area contributed by atoms with E-state index in [1.54, 1.807) is 0 Å². The predicted molar refractivity (Wildman–Crippen MR) is 60.2 cm³/mol. The summed E-state index contributed by atoms with van der Waals surface area (Å²) in [5, 5.41) is 3.54. The van der Waals surface area contributed by atoms with Gasteiger partial charge in [-0.05, 0) is 11.6 Å². The molecule has 10 heteroatoms. The van der Waals surface area contributed by atoms with E-state index in [0.29, 0.717) is 12.2 Å². The summed E-state index contributed by atoms with van der Waals surface area (Å²) in [6.07, 6.45) is 3.76. The fourth-order valence-electron chi connectivity index (χ4n) is 1.12. The highest BCUT2D eigenvalue weighted by molar-refractivity contribution is 7.89. The average Bonchev–Trinajstić information content (AvgIpc) is 2.82. The van der Waals surface area contributed by atoms with Gasteiger partial charge in [0, 0.05) is 13.0 Å². The van der Waals surface area contributed by atoms with E-state index in [-0.39, 0.29) is 16.7 Å². The van der Waals surface area contributed by atoms with Crippen LogP contribution in [0, 0.1) is 0 Å². The summed E-state index contributed by atoms with van der Waals surface area (Å²) in [5.41, 5.74) is 0. The summed E-state index contributed by atoms with van der Waals surface area (Å²) in [5.74, 6) is 0.421. The van der Waals surface area contributed by atoms with Gasteiger partial charge in [0.2, 0.25) is 21.7 Å². The molecule has 18 heavy (non-hydrogen) atoms. The van der Waals surface area contributed by atoms with Gasteiger partial charge in [0.15, 0.2) is 5.82 Å². The van der Waals surface area contributed by atoms with Crippen LogP contribution in [-0.4, -0.2) is 35.1 Å². The van der Waals surface area contributed by atoms with Crippen molar-refractivity contribution in [2.45, 2.75) is 11.3 Å². The molecule has 0 radical (unpaired) electrons. The highest BCUT2D eigenvalue weighted by atomic mass is 35.5. The lowest BCUT2D eigenvalue weighted by atomic mass is 10.4. The molecule has 2 aromatic heterocycles. The summed E-state index contributed by atoms with van der Waals surface area (Å²) in [6.45, 7) is 0.143. The van der Waals surface area contributed by atoms with E-state index < -0.39 is 10.0 Å². The van der Waals surface area contributed by atoms with Crippen molar-refractivity contribution in [3.8, 4) is 0 Å². The van der Waals surface area contributed by atoms with Gasteiger partial charge in [-0.1, -0.05) is 5.16 Å². The second kappa shape index (κ2) is 5.38. The van der Waals surface area contributed by atoms with Crippen LogP contribution in [0.2, 0.25) is 5.28 Å². The first-order valence-electron chi connectivity index (χ1n) is 4.80. The Hall–Kier alpha value is -1.58. The minimum atomic E-state index is -3.65. The van der Waals surface area contributed by atoms with Gasteiger partial charge in [-0.15, -0.1) is 0 Å². The molecule has 8 nitrogen and oxygen atoms in total. The molecule has 0 amide bonds. The van der Waals surface area contributed by atoms with E-state index in [0.717, 1.165) is 12.4 Å². The highest BCUT2D eigenvalue weighted by Crippen LogP contribution is 2.07. The Morgan fingerprint density at radius 2 is 2.00 bits per heavy atom. The van der Waals surface area contributed by atoms with Crippen LogP contribution >= 0.6 is 11.6 Å². The normalized spacial score (nSPS) is 11.6. The second-order valence-electron chi connectivity index (χ2n) is 3.18. The van der Waals surface area contributed by atoms with Crippen molar-refractivity contribution < 1.29 is 12.9 Å². The van der Waals surface area contributed by atoms with Crippen LogP contribution in [0.15, 0.2) is 28.2 Å². The molecule has 0 saturated heterocycles. The number of sulfonamides is 1. The largest absolute Gasteiger partial charge is 0.343 e. The first-order valence-corrected chi connectivity index (χ1v) is 6.66.